The Morgan fingerprint density at radius 3 is 2.47 bits per heavy atom. The fourth-order valence-electron chi connectivity index (χ4n) is 3.20. The maximum atomic E-state index is 13.1. The summed E-state index contributed by atoms with van der Waals surface area (Å²) in [5.41, 5.74) is 2.14. The summed E-state index contributed by atoms with van der Waals surface area (Å²) in [7, 11) is 0. The highest BCUT2D eigenvalue weighted by atomic mass is 79.9. The Morgan fingerprint density at radius 1 is 1.00 bits per heavy atom. The van der Waals surface area contributed by atoms with Crippen LogP contribution in [0.2, 0.25) is 10.0 Å². The monoisotopic (exact) mass is 500 g/mol. The van der Waals surface area contributed by atoms with Crippen LogP contribution >= 0.6 is 39.1 Å². The van der Waals surface area contributed by atoms with Crippen molar-refractivity contribution < 1.29 is 4.79 Å². The molecule has 3 aromatic carbocycles. The third-order valence-electron chi connectivity index (χ3n) is 4.70. The number of hydrogen-bond acceptors (Lipinski definition) is 2. The summed E-state index contributed by atoms with van der Waals surface area (Å²) in [6.07, 6.45) is 1.70. The van der Waals surface area contributed by atoms with Crippen LogP contribution in [0.25, 0.3) is 16.6 Å². The molecule has 0 radical (unpaired) electrons. The van der Waals surface area contributed by atoms with E-state index in [1.165, 1.54) is 0 Å². The Morgan fingerprint density at radius 2 is 1.73 bits per heavy atom. The minimum absolute atomic E-state index is 0.0801. The number of carbonyl (C=O) groups excluding carboxylic acids is 1. The van der Waals surface area contributed by atoms with Gasteiger partial charge in [0.15, 0.2) is 5.43 Å². The minimum atomic E-state index is -0.262. The van der Waals surface area contributed by atoms with Gasteiger partial charge in [0.05, 0.1) is 16.2 Å². The third kappa shape index (κ3) is 4.15. The maximum absolute atomic E-state index is 13.1. The largest absolute Gasteiger partial charge is 0.348 e. The number of rotatable bonds is 4. The molecule has 1 heterocycles. The molecule has 0 spiro atoms. The van der Waals surface area contributed by atoms with E-state index in [0.717, 1.165) is 4.47 Å². The molecule has 0 fully saturated rings. The van der Waals surface area contributed by atoms with Crippen LogP contribution in [0.4, 0.5) is 0 Å². The standard InChI is InChI=1S/C23H15BrCl2N2O2/c24-16-7-5-14(6-8-16)23(30)27-12-15-13-28(20-4-2-1-3-19(20)26)21-11-17(25)9-10-18(21)22(15)29/h1-11,13H,12H2,(H,27,30). The maximum Gasteiger partial charge on any atom is 0.251 e. The fraction of sp³-hybridized carbons (Fsp3) is 0.0435. The number of pyridine rings is 1. The summed E-state index contributed by atoms with van der Waals surface area (Å²) in [4.78, 5) is 25.5. The summed E-state index contributed by atoms with van der Waals surface area (Å²) in [6, 6.07) is 19.4. The predicted octanol–water partition coefficient (Wildman–Crippen LogP) is 5.99. The van der Waals surface area contributed by atoms with Gasteiger partial charge in [-0.1, -0.05) is 51.3 Å². The van der Waals surface area contributed by atoms with Crippen molar-refractivity contribution in [3.63, 3.8) is 0 Å². The molecule has 0 saturated heterocycles. The summed E-state index contributed by atoms with van der Waals surface area (Å²) in [5, 5.41) is 4.36. The lowest BCUT2D eigenvalue weighted by atomic mass is 10.1. The first-order valence-corrected chi connectivity index (χ1v) is 10.6. The molecular formula is C23H15BrCl2N2O2. The van der Waals surface area contributed by atoms with Crippen molar-refractivity contribution in [2.24, 2.45) is 0 Å². The van der Waals surface area contributed by atoms with Crippen molar-refractivity contribution in [3.05, 3.63) is 109 Å². The minimum Gasteiger partial charge on any atom is -0.348 e. The number of benzene rings is 3. The second-order valence-corrected chi connectivity index (χ2v) is 8.42. The Labute approximate surface area is 191 Å². The number of hydrogen-bond donors (Lipinski definition) is 1. The van der Waals surface area contributed by atoms with E-state index >= 15 is 0 Å². The number of carbonyl (C=O) groups is 1. The molecule has 30 heavy (non-hydrogen) atoms. The number of aromatic nitrogens is 1. The zero-order valence-corrected chi connectivity index (χ0v) is 18.6. The van der Waals surface area contributed by atoms with Gasteiger partial charge in [0, 0.05) is 38.8 Å². The normalized spacial score (nSPS) is 10.9. The zero-order chi connectivity index (χ0) is 21.3. The average molecular weight is 502 g/mol. The van der Waals surface area contributed by atoms with E-state index in [1.807, 2.05) is 22.8 Å². The zero-order valence-electron chi connectivity index (χ0n) is 15.5. The molecule has 7 heteroatoms. The van der Waals surface area contributed by atoms with Crippen LogP contribution in [0.1, 0.15) is 15.9 Å². The van der Waals surface area contributed by atoms with E-state index in [-0.39, 0.29) is 17.9 Å². The lowest BCUT2D eigenvalue weighted by molar-refractivity contribution is 0.0951. The average Bonchev–Trinajstić information content (AvgIpc) is 2.74. The van der Waals surface area contributed by atoms with Gasteiger partial charge in [0.1, 0.15) is 0 Å². The molecule has 0 bridgehead atoms. The molecular weight excluding hydrogens is 487 g/mol. The van der Waals surface area contributed by atoms with Crippen molar-refractivity contribution in [1.29, 1.82) is 0 Å². The van der Waals surface area contributed by atoms with Gasteiger partial charge in [-0.05, 0) is 54.6 Å². The molecule has 0 saturated carbocycles. The molecule has 1 aromatic heterocycles. The van der Waals surface area contributed by atoms with Gasteiger partial charge >= 0.3 is 0 Å². The van der Waals surface area contributed by atoms with Crippen molar-refractivity contribution >= 4 is 55.9 Å². The molecule has 1 N–H and O–H groups in total. The number of fused-ring (bicyclic) bond motifs is 1. The smallest absolute Gasteiger partial charge is 0.251 e. The Hall–Kier alpha value is -2.60. The molecule has 4 aromatic rings. The fourth-order valence-corrected chi connectivity index (χ4v) is 3.86. The number of nitrogens with zero attached hydrogens (tertiary/aromatic N) is 1. The first-order valence-electron chi connectivity index (χ1n) is 9.06. The molecule has 4 rings (SSSR count). The summed E-state index contributed by atoms with van der Waals surface area (Å²) in [6.45, 7) is 0.0801. The quantitative estimate of drug-likeness (QED) is 0.373. The van der Waals surface area contributed by atoms with E-state index in [2.05, 4.69) is 21.2 Å². The third-order valence-corrected chi connectivity index (χ3v) is 5.78. The highest BCUT2D eigenvalue weighted by Gasteiger charge is 2.14. The number of amides is 1. The van der Waals surface area contributed by atoms with E-state index in [4.69, 9.17) is 23.2 Å². The molecule has 1 amide bonds. The Balaban J connectivity index is 1.77. The first kappa shape index (κ1) is 20.7. The predicted molar refractivity (Wildman–Crippen MR) is 125 cm³/mol. The van der Waals surface area contributed by atoms with Crippen molar-refractivity contribution in [2.75, 3.05) is 0 Å². The van der Waals surface area contributed by atoms with Crippen LogP contribution in [0.3, 0.4) is 0 Å². The van der Waals surface area contributed by atoms with Gasteiger partial charge in [0.2, 0.25) is 0 Å². The van der Waals surface area contributed by atoms with Gasteiger partial charge in [0.25, 0.3) is 5.91 Å². The summed E-state index contributed by atoms with van der Waals surface area (Å²) < 4.78 is 2.71. The molecule has 0 aliphatic rings. The second kappa shape index (κ2) is 8.64. The van der Waals surface area contributed by atoms with Crippen LogP contribution in [-0.2, 0) is 6.54 Å². The van der Waals surface area contributed by atoms with E-state index < -0.39 is 0 Å². The Bertz CT molecular complexity index is 1320. The number of halogens is 3. The number of para-hydroxylation sites is 1. The van der Waals surface area contributed by atoms with Crippen LogP contribution in [-0.4, -0.2) is 10.5 Å². The summed E-state index contributed by atoms with van der Waals surface area (Å²) >= 11 is 15.9. The Kier molecular flexibility index (Phi) is 5.95. The van der Waals surface area contributed by atoms with Crippen molar-refractivity contribution in [3.8, 4) is 5.69 Å². The van der Waals surface area contributed by atoms with Gasteiger partial charge in [-0.3, -0.25) is 9.59 Å². The lowest BCUT2D eigenvalue weighted by Crippen LogP contribution is -2.27. The molecule has 0 atom stereocenters. The second-order valence-electron chi connectivity index (χ2n) is 6.66. The van der Waals surface area contributed by atoms with Crippen molar-refractivity contribution in [2.45, 2.75) is 6.54 Å². The molecule has 0 aliphatic heterocycles. The highest BCUT2D eigenvalue weighted by Crippen LogP contribution is 2.26. The lowest BCUT2D eigenvalue weighted by Gasteiger charge is -2.15. The van der Waals surface area contributed by atoms with Gasteiger partial charge < -0.3 is 9.88 Å². The molecule has 0 aliphatic carbocycles. The van der Waals surface area contributed by atoms with Gasteiger partial charge in [-0.15, -0.1) is 0 Å². The van der Waals surface area contributed by atoms with E-state index in [1.54, 1.807) is 54.7 Å². The van der Waals surface area contributed by atoms with E-state index in [0.29, 0.717) is 37.8 Å². The highest BCUT2D eigenvalue weighted by molar-refractivity contribution is 9.10. The van der Waals surface area contributed by atoms with Crippen molar-refractivity contribution in [1.82, 2.24) is 9.88 Å². The first-order chi connectivity index (χ1) is 14.4. The van der Waals surface area contributed by atoms with Gasteiger partial charge in [-0.25, -0.2) is 0 Å². The van der Waals surface area contributed by atoms with Crippen LogP contribution < -0.4 is 10.7 Å². The topological polar surface area (TPSA) is 51.1 Å². The van der Waals surface area contributed by atoms with Crippen LogP contribution in [0, 0.1) is 0 Å². The van der Waals surface area contributed by atoms with Crippen LogP contribution in [0.5, 0.6) is 0 Å². The molecule has 0 unspecified atom stereocenters. The summed E-state index contributed by atoms with van der Waals surface area (Å²) in [5.74, 6) is -0.262. The SMILES string of the molecule is O=C(NCc1cn(-c2ccccc2Cl)c2cc(Cl)ccc2c1=O)c1ccc(Br)cc1. The van der Waals surface area contributed by atoms with E-state index in [9.17, 15) is 9.59 Å². The molecule has 150 valence electrons. The van der Waals surface area contributed by atoms with Gasteiger partial charge in [-0.2, -0.15) is 0 Å². The molecule has 4 nitrogen and oxygen atoms in total. The van der Waals surface area contributed by atoms with Crippen LogP contribution in [0.15, 0.2) is 82.2 Å². The number of nitrogens with one attached hydrogen (secondary N) is 1.